The van der Waals surface area contributed by atoms with E-state index in [4.69, 9.17) is 14.2 Å². The Morgan fingerprint density at radius 3 is 2.02 bits per heavy atom. The van der Waals surface area contributed by atoms with Gasteiger partial charge in [-0.2, -0.15) is 9.97 Å². The van der Waals surface area contributed by atoms with Gasteiger partial charge in [-0.25, -0.2) is 13.6 Å². The van der Waals surface area contributed by atoms with Crippen LogP contribution in [0.25, 0.3) is 0 Å². The molecule has 1 amide bonds. The highest BCUT2D eigenvalue weighted by Gasteiger charge is 2.36. The number of ketones is 1. The molecule has 0 aromatic carbocycles. The van der Waals surface area contributed by atoms with Gasteiger partial charge in [0.15, 0.2) is 23.2 Å². The predicted molar refractivity (Wildman–Crippen MR) is 178 cm³/mol. The molecule has 12 nitrogen and oxygen atoms in total. The number of amides is 1. The van der Waals surface area contributed by atoms with Gasteiger partial charge in [-0.3, -0.25) is 24.5 Å². The Morgan fingerprint density at radius 2 is 1.43 bits per heavy atom. The lowest BCUT2D eigenvalue weighted by atomic mass is 9.98. The Bertz CT molecular complexity index is 1920. The second kappa shape index (κ2) is 15.1. The van der Waals surface area contributed by atoms with Crippen molar-refractivity contribution in [1.29, 1.82) is 0 Å². The molecule has 5 heterocycles. The molecule has 0 bridgehead atoms. The van der Waals surface area contributed by atoms with E-state index in [-0.39, 0.29) is 52.8 Å². The minimum absolute atomic E-state index is 0.0197. The summed E-state index contributed by atoms with van der Waals surface area (Å²) in [5, 5.41) is 3.09. The van der Waals surface area contributed by atoms with Crippen molar-refractivity contribution in [2.75, 3.05) is 31.5 Å². The van der Waals surface area contributed by atoms with E-state index in [9.17, 15) is 23.2 Å². The third-order valence-electron chi connectivity index (χ3n) is 7.64. The molecule has 0 unspecified atom stereocenters. The number of fused-ring (bicyclic) bond motifs is 1. The molecule has 0 spiro atoms. The fraction of sp³-hybridized carbons (Fsp3) is 0.343. The number of aromatic nitrogens is 4. The maximum Gasteiger partial charge on any atom is 0.341 e. The van der Waals surface area contributed by atoms with E-state index in [0.717, 1.165) is 34.6 Å². The molecule has 4 aromatic heterocycles. The fourth-order valence-electron chi connectivity index (χ4n) is 5.20. The van der Waals surface area contributed by atoms with Crippen LogP contribution in [0.1, 0.15) is 89.2 Å². The Balaban J connectivity index is 0.000000221. The van der Waals surface area contributed by atoms with Crippen molar-refractivity contribution in [2.24, 2.45) is 0 Å². The number of ether oxygens (including phenoxy) is 3. The molecule has 1 aliphatic heterocycles. The fourth-order valence-corrected chi connectivity index (χ4v) is 5.20. The van der Waals surface area contributed by atoms with E-state index >= 15 is 0 Å². The number of nitrogens with zero attached hydrogens (tertiary/aromatic N) is 5. The van der Waals surface area contributed by atoms with E-state index in [1.165, 1.54) is 26.2 Å². The highest BCUT2D eigenvalue weighted by molar-refractivity contribution is 6.21. The molecule has 258 valence electrons. The average molecular weight is 677 g/mol. The number of Topliss-reactive ketones (excluding diaryl/α,β-unsaturated/α-hetero) is 1. The molecule has 49 heavy (non-hydrogen) atoms. The van der Waals surface area contributed by atoms with Crippen LogP contribution < -0.4 is 19.7 Å². The molecular weight excluding hydrogens is 638 g/mol. The van der Waals surface area contributed by atoms with Crippen molar-refractivity contribution in [1.82, 2.24) is 19.9 Å². The number of pyridine rings is 4. The van der Waals surface area contributed by atoms with E-state index in [1.54, 1.807) is 18.5 Å². The van der Waals surface area contributed by atoms with E-state index in [1.807, 2.05) is 47.6 Å². The minimum atomic E-state index is -0.740. The first kappa shape index (κ1) is 36.3. The third-order valence-corrected chi connectivity index (χ3v) is 7.64. The number of nitrogens with one attached hydrogen (secondary N) is 1. The van der Waals surface area contributed by atoms with Crippen LogP contribution in [0, 0.1) is 25.5 Å². The Hall–Kier alpha value is -5.53. The van der Waals surface area contributed by atoms with Crippen molar-refractivity contribution >= 4 is 40.7 Å². The number of methoxy groups -OCH3 is 3. The van der Waals surface area contributed by atoms with Gasteiger partial charge in [0.2, 0.25) is 5.91 Å². The van der Waals surface area contributed by atoms with E-state index < -0.39 is 29.3 Å². The Labute approximate surface area is 282 Å². The Morgan fingerprint density at radius 1 is 0.857 bits per heavy atom. The van der Waals surface area contributed by atoms with Gasteiger partial charge in [-0.1, -0.05) is 27.7 Å². The molecule has 1 N–H and O–H groups in total. The zero-order valence-electron chi connectivity index (χ0n) is 28.8. The molecule has 1 aliphatic rings. The normalized spacial score (nSPS) is 12.4. The summed E-state index contributed by atoms with van der Waals surface area (Å²) < 4.78 is 42.5. The van der Waals surface area contributed by atoms with Gasteiger partial charge in [0.1, 0.15) is 11.4 Å². The number of halogens is 2. The lowest BCUT2D eigenvalue weighted by Crippen LogP contribution is -2.36. The smallest absolute Gasteiger partial charge is 0.341 e. The van der Waals surface area contributed by atoms with Crippen LogP contribution in [0.3, 0.4) is 0 Å². The summed E-state index contributed by atoms with van der Waals surface area (Å²) in [7, 11) is 3.81. The van der Waals surface area contributed by atoms with Crippen LogP contribution in [0.5, 0.6) is 11.8 Å². The lowest BCUT2D eigenvalue weighted by molar-refractivity contribution is -0.117. The summed E-state index contributed by atoms with van der Waals surface area (Å²) in [6, 6.07) is 5.74. The van der Waals surface area contributed by atoms with Gasteiger partial charge in [-0.15, -0.1) is 0 Å². The summed E-state index contributed by atoms with van der Waals surface area (Å²) in [6.45, 7) is 11.7. The van der Waals surface area contributed by atoms with Crippen LogP contribution in [0.2, 0.25) is 0 Å². The number of aryl methyl sites for hydroxylation is 2. The summed E-state index contributed by atoms with van der Waals surface area (Å²) >= 11 is 0. The number of rotatable bonds is 8. The molecule has 0 radical (unpaired) electrons. The standard InChI is InChI=1S/C18H18FN3O3.C17H20FN3O3/c1-9(2)15-16(10(3)5-6-20-15)22-14(24)8-13(23)11-7-12(19)18(25-4)21-17(11)22;1-9(2)13-14(10(3)6-7-19-13)20-15-11(17(22)24-5)8-12(18)16(21-15)23-4/h5-7,9H,8H2,1-4H3;6-9H,1-5H3,(H,20,21). The highest BCUT2D eigenvalue weighted by atomic mass is 19.1. The van der Waals surface area contributed by atoms with Gasteiger partial charge in [0.05, 0.1) is 56.1 Å². The van der Waals surface area contributed by atoms with Crippen LogP contribution in [0.4, 0.5) is 31.8 Å². The number of anilines is 4. The zero-order chi connectivity index (χ0) is 36.2. The molecule has 0 atom stereocenters. The SMILES string of the molecule is COC(=O)c1cc(F)c(OC)nc1Nc1c(C)ccnc1C(C)C.COc1nc2c(cc1F)C(=O)CC(=O)N2c1c(C)ccnc1C(C)C. The number of carbonyl (C=O) groups excluding carboxylic acids is 3. The highest BCUT2D eigenvalue weighted by Crippen LogP contribution is 2.40. The number of esters is 1. The van der Waals surface area contributed by atoms with Crippen LogP contribution >= 0.6 is 0 Å². The van der Waals surface area contributed by atoms with Crippen molar-refractivity contribution in [3.8, 4) is 11.8 Å². The van der Waals surface area contributed by atoms with Crippen molar-refractivity contribution < 1.29 is 37.4 Å². The maximum atomic E-state index is 14.0. The summed E-state index contributed by atoms with van der Waals surface area (Å²) in [5.74, 6) is -3.10. The molecule has 0 aliphatic carbocycles. The Kier molecular flexibility index (Phi) is 11.2. The largest absolute Gasteiger partial charge is 0.479 e. The molecule has 4 aromatic rings. The van der Waals surface area contributed by atoms with Gasteiger partial charge in [0, 0.05) is 12.4 Å². The monoisotopic (exact) mass is 676 g/mol. The number of carbonyl (C=O) groups is 3. The molecule has 0 saturated heterocycles. The average Bonchev–Trinajstić information content (AvgIpc) is 3.06. The van der Waals surface area contributed by atoms with Gasteiger partial charge in [0.25, 0.3) is 11.8 Å². The summed E-state index contributed by atoms with van der Waals surface area (Å²) in [5.41, 5.74) is 4.61. The third kappa shape index (κ3) is 7.47. The number of hydrogen-bond donors (Lipinski definition) is 1. The first-order valence-corrected chi connectivity index (χ1v) is 15.3. The summed E-state index contributed by atoms with van der Waals surface area (Å²) in [4.78, 5) is 55.1. The first-order valence-electron chi connectivity index (χ1n) is 15.3. The number of hydrogen-bond acceptors (Lipinski definition) is 11. The molecule has 5 rings (SSSR count). The van der Waals surface area contributed by atoms with Crippen LogP contribution in [-0.2, 0) is 9.53 Å². The van der Waals surface area contributed by atoms with Crippen molar-refractivity contribution in [3.05, 3.63) is 81.9 Å². The molecular formula is C35H38F2N6O6. The molecule has 0 saturated carbocycles. The minimum Gasteiger partial charge on any atom is -0.479 e. The summed E-state index contributed by atoms with van der Waals surface area (Å²) in [6.07, 6.45) is 3.05. The predicted octanol–water partition coefficient (Wildman–Crippen LogP) is 6.89. The zero-order valence-corrected chi connectivity index (χ0v) is 28.8. The van der Waals surface area contributed by atoms with Gasteiger partial charge >= 0.3 is 5.97 Å². The lowest BCUT2D eigenvalue weighted by Gasteiger charge is -2.30. The van der Waals surface area contributed by atoms with E-state index in [0.29, 0.717) is 11.4 Å². The second-order valence-corrected chi connectivity index (χ2v) is 11.7. The molecule has 0 fully saturated rings. The van der Waals surface area contributed by atoms with Crippen LogP contribution in [0.15, 0.2) is 36.7 Å². The topological polar surface area (TPSA) is 146 Å². The second-order valence-electron chi connectivity index (χ2n) is 11.7. The quantitative estimate of drug-likeness (QED) is 0.154. The van der Waals surface area contributed by atoms with Crippen molar-refractivity contribution in [3.63, 3.8) is 0 Å². The van der Waals surface area contributed by atoms with E-state index in [2.05, 4.69) is 25.3 Å². The van der Waals surface area contributed by atoms with Crippen LogP contribution in [-0.4, -0.2) is 58.9 Å². The molecule has 14 heteroatoms. The first-order chi connectivity index (χ1) is 23.2. The van der Waals surface area contributed by atoms with Crippen molar-refractivity contribution in [2.45, 2.75) is 59.8 Å². The van der Waals surface area contributed by atoms with Gasteiger partial charge in [-0.05, 0) is 61.1 Å². The van der Waals surface area contributed by atoms with Gasteiger partial charge < -0.3 is 19.5 Å². The maximum absolute atomic E-state index is 14.0.